The molecule has 0 saturated heterocycles. The highest BCUT2D eigenvalue weighted by Gasteiger charge is 2.22. The van der Waals surface area contributed by atoms with E-state index in [-0.39, 0.29) is 17.0 Å². The Kier molecular flexibility index (Phi) is 4.95. The van der Waals surface area contributed by atoms with E-state index in [1.165, 1.54) is 36.0 Å². The molecular weight excluding hydrogens is 377 g/mol. The number of fused-ring (bicyclic) bond motifs is 3. The fraction of sp³-hybridized carbons (Fsp3) is 0.200. The van der Waals surface area contributed by atoms with Gasteiger partial charge in [0.25, 0.3) is 0 Å². The molecule has 28 heavy (non-hydrogen) atoms. The van der Waals surface area contributed by atoms with Crippen LogP contribution in [0.1, 0.15) is 19.2 Å². The lowest BCUT2D eigenvalue weighted by Crippen LogP contribution is -2.25. The molecule has 1 atom stereocenters. The number of carbonyl (C=O) groups is 1. The Morgan fingerprint density at radius 3 is 2.68 bits per heavy atom. The van der Waals surface area contributed by atoms with Crippen LogP contribution < -0.4 is 5.32 Å². The highest BCUT2D eigenvalue weighted by Crippen LogP contribution is 2.28. The molecule has 0 aliphatic heterocycles. The fourth-order valence-corrected chi connectivity index (χ4v) is 3.88. The Hall–Kier alpha value is -3.00. The predicted octanol–water partition coefficient (Wildman–Crippen LogP) is 4.23. The van der Waals surface area contributed by atoms with E-state index in [2.05, 4.69) is 15.4 Å². The predicted molar refractivity (Wildman–Crippen MR) is 108 cm³/mol. The second kappa shape index (κ2) is 7.55. The maximum absolute atomic E-state index is 13.1. The number of rotatable bonds is 5. The van der Waals surface area contributed by atoms with Gasteiger partial charge in [0, 0.05) is 11.1 Å². The number of nitrogens with one attached hydrogen (secondary N) is 1. The number of anilines is 1. The first kappa shape index (κ1) is 18.4. The molecule has 0 aliphatic rings. The van der Waals surface area contributed by atoms with Gasteiger partial charge in [0.1, 0.15) is 11.6 Å². The molecule has 1 amide bonds. The third kappa shape index (κ3) is 3.55. The molecule has 0 fully saturated rings. The molecule has 8 heteroatoms. The molecule has 0 spiro atoms. The zero-order valence-electron chi connectivity index (χ0n) is 15.4. The molecule has 2 aromatic carbocycles. The molecule has 0 aliphatic carbocycles. The number of aromatic nitrogens is 4. The van der Waals surface area contributed by atoms with E-state index in [9.17, 15) is 9.18 Å². The van der Waals surface area contributed by atoms with Crippen LogP contribution in [0.4, 0.5) is 10.1 Å². The Bertz CT molecular complexity index is 1160. The number of amides is 1. The molecule has 1 N–H and O–H groups in total. The standard InChI is InChI=1S/C20H18FN5OS/c1-3-17(19(27)23-14-10-8-13(21)9-11-14)28-20-24-16-7-5-4-6-15(16)18-22-12(2)25-26(18)20/h4-11,17H,3H2,1-2H3,(H,23,27)/t17-/m1/s1. The largest absolute Gasteiger partial charge is 0.325 e. The highest BCUT2D eigenvalue weighted by molar-refractivity contribution is 8.00. The van der Waals surface area contributed by atoms with Gasteiger partial charge in [0.2, 0.25) is 5.91 Å². The highest BCUT2D eigenvalue weighted by atomic mass is 32.2. The number of para-hydroxylation sites is 1. The van der Waals surface area contributed by atoms with E-state index in [1.807, 2.05) is 38.1 Å². The van der Waals surface area contributed by atoms with Crippen molar-refractivity contribution in [1.82, 2.24) is 19.6 Å². The maximum atomic E-state index is 13.1. The van der Waals surface area contributed by atoms with Crippen molar-refractivity contribution in [3.05, 3.63) is 60.2 Å². The summed E-state index contributed by atoms with van der Waals surface area (Å²) in [4.78, 5) is 22.0. The number of hydrogen-bond donors (Lipinski definition) is 1. The van der Waals surface area contributed by atoms with Crippen molar-refractivity contribution >= 4 is 39.9 Å². The molecule has 6 nitrogen and oxygen atoms in total. The maximum Gasteiger partial charge on any atom is 0.237 e. The van der Waals surface area contributed by atoms with Crippen molar-refractivity contribution in [2.24, 2.45) is 0 Å². The second-order valence-corrected chi connectivity index (χ2v) is 7.49. The molecule has 0 saturated carbocycles. The Morgan fingerprint density at radius 1 is 1.18 bits per heavy atom. The van der Waals surface area contributed by atoms with E-state index < -0.39 is 0 Å². The normalized spacial score (nSPS) is 12.4. The minimum atomic E-state index is -0.383. The average Bonchev–Trinajstić information content (AvgIpc) is 3.09. The van der Waals surface area contributed by atoms with Crippen LogP contribution >= 0.6 is 11.8 Å². The quantitative estimate of drug-likeness (QED) is 0.404. The summed E-state index contributed by atoms with van der Waals surface area (Å²) in [7, 11) is 0. The Labute approximate surface area is 165 Å². The van der Waals surface area contributed by atoms with Crippen molar-refractivity contribution in [3.8, 4) is 0 Å². The van der Waals surface area contributed by atoms with Crippen LogP contribution in [0, 0.1) is 12.7 Å². The Balaban J connectivity index is 1.66. The van der Waals surface area contributed by atoms with Gasteiger partial charge in [0.05, 0.1) is 10.8 Å². The lowest BCUT2D eigenvalue weighted by Gasteiger charge is -2.15. The SMILES string of the molecule is CC[C@@H](Sc1nc2ccccc2c2nc(C)nn12)C(=O)Nc1ccc(F)cc1. The van der Waals surface area contributed by atoms with Crippen LogP contribution in [-0.2, 0) is 4.79 Å². The first-order chi connectivity index (χ1) is 13.5. The lowest BCUT2D eigenvalue weighted by molar-refractivity contribution is -0.115. The fourth-order valence-electron chi connectivity index (χ4n) is 2.92. The van der Waals surface area contributed by atoms with Crippen LogP contribution in [0.25, 0.3) is 16.6 Å². The minimum absolute atomic E-state index is 0.168. The molecule has 0 unspecified atom stereocenters. The zero-order valence-corrected chi connectivity index (χ0v) is 16.2. The van der Waals surface area contributed by atoms with Gasteiger partial charge in [-0.1, -0.05) is 30.8 Å². The molecule has 2 aromatic heterocycles. The first-order valence-electron chi connectivity index (χ1n) is 8.90. The van der Waals surface area contributed by atoms with Crippen molar-refractivity contribution in [2.45, 2.75) is 30.7 Å². The topological polar surface area (TPSA) is 72.2 Å². The monoisotopic (exact) mass is 395 g/mol. The van der Waals surface area contributed by atoms with E-state index in [4.69, 9.17) is 4.98 Å². The lowest BCUT2D eigenvalue weighted by atomic mass is 10.2. The van der Waals surface area contributed by atoms with Gasteiger partial charge in [-0.3, -0.25) is 4.79 Å². The van der Waals surface area contributed by atoms with Crippen LogP contribution in [0.2, 0.25) is 0 Å². The van der Waals surface area contributed by atoms with Gasteiger partial charge in [0.15, 0.2) is 10.8 Å². The molecule has 2 heterocycles. The smallest absolute Gasteiger partial charge is 0.237 e. The first-order valence-corrected chi connectivity index (χ1v) is 9.78. The van der Waals surface area contributed by atoms with Gasteiger partial charge in [-0.05, 0) is 49.7 Å². The molecule has 142 valence electrons. The summed E-state index contributed by atoms with van der Waals surface area (Å²) in [6.45, 7) is 3.77. The van der Waals surface area contributed by atoms with Gasteiger partial charge in [-0.25, -0.2) is 14.4 Å². The number of aryl methyl sites for hydroxylation is 1. The van der Waals surface area contributed by atoms with Crippen molar-refractivity contribution < 1.29 is 9.18 Å². The van der Waals surface area contributed by atoms with Gasteiger partial charge in [-0.15, -0.1) is 5.10 Å². The van der Waals surface area contributed by atoms with Crippen molar-refractivity contribution in [1.29, 1.82) is 0 Å². The minimum Gasteiger partial charge on any atom is -0.325 e. The summed E-state index contributed by atoms with van der Waals surface area (Å²) in [6, 6.07) is 13.4. The third-order valence-electron chi connectivity index (χ3n) is 4.28. The van der Waals surface area contributed by atoms with Crippen LogP contribution in [0.3, 0.4) is 0 Å². The second-order valence-electron chi connectivity index (χ2n) is 6.32. The van der Waals surface area contributed by atoms with Crippen LogP contribution in [0.15, 0.2) is 53.7 Å². The van der Waals surface area contributed by atoms with Gasteiger partial charge in [-0.2, -0.15) is 4.52 Å². The summed E-state index contributed by atoms with van der Waals surface area (Å²) >= 11 is 1.34. The van der Waals surface area contributed by atoms with E-state index >= 15 is 0 Å². The summed E-state index contributed by atoms with van der Waals surface area (Å²) in [5.74, 6) is 0.131. The Morgan fingerprint density at radius 2 is 1.93 bits per heavy atom. The summed E-state index contributed by atoms with van der Waals surface area (Å²) in [5, 5.41) is 8.42. The molecule has 4 rings (SSSR count). The van der Waals surface area contributed by atoms with Gasteiger partial charge < -0.3 is 5.32 Å². The van der Waals surface area contributed by atoms with Gasteiger partial charge >= 0.3 is 0 Å². The average molecular weight is 395 g/mol. The van der Waals surface area contributed by atoms with E-state index in [0.717, 1.165) is 16.6 Å². The molecule has 0 radical (unpaired) electrons. The zero-order chi connectivity index (χ0) is 19.7. The number of benzene rings is 2. The van der Waals surface area contributed by atoms with Crippen molar-refractivity contribution in [2.75, 3.05) is 5.32 Å². The number of thioether (sulfide) groups is 1. The number of carbonyl (C=O) groups excluding carboxylic acids is 1. The number of halogens is 1. The van der Waals surface area contributed by atoms with E-state index in [1.54, 1.807) is 4.52 Å². The van der Waals surface area contributed by atoms with Crippen molar-refractivity contribution in [3.63, 3.8) is 0 Å². The molecular formula is C20H18FN5OS. The summed E-state index contributed by atoms with van der Waals surface area (Å²) < 4.78 is 14.8. The molecule has 0 bridgehead atoms. The summed E-state index contributed by atoms with van der Waals surface area (Å²) in [6.07, 6.45) is 0.599. The van der Waals surface area contributed by atoms with Crippen LogP contribution in [0.5, 0.6) is 0 Å². The molecule has 4 aromatic rings. The van der Waals surface area contributed by atoms with Crippen LogP contribution in [-0.4, -0.2) is 30.7 Å². The number of hydrogen-bond acceptors (Lipinski definition) is 5. The number of nitrogens with zero attached hydrogens (tertiary/aromatic N) is 4. The third-order valence-corrected chi connectivity index (χ3v) is 5.58. The summed E-state index contributed by atoms with van der Waals surface area (Å²) in [5.41, 5.74) is 2.08. The van der Waals surface area contributed by atoms with E-state index in [0.29, 0.717) is 23.1 Å².